The molecule has 1 N–H and O–H groups in total. The van der Waals surface area contributed by atoms with Crippen LogP contribution in [0, 0.1) is 0 Å². The largest absolute Gasteiger partial charge is 0.333 e. The van der Waals surface area contributed by atoms with Crippen molar-refractivity contribution in [1.82, 2.24) is 4.90 Å². The number of hydrogen-bond acceptors (Lipinski definition) is 3. The monoisotopic (exact) mass is 418 g/mol. The number of hydrogen-bond donors (Lipinski definition) is 1. The summed E-state index contributed by atoms with van der Waals surface area (Å²) in [7, 11) is 0. The van der Waals surface area contributed by atoms with E-state index in [1.807, 2.05) is 96.8 Å². The lowest BCUT2D eigenvalue weighted by atomic mass is 10.1. The molecule has 3 aromatic carbocycles. The molecule has 0 spiro atoms. The van der Waals surface area contributed by atoms with Gasteiger partial charge in [0.1, 0.15) is 0 Å². The molecule has 0 aliphatic heterocycles. The van der Waals surface area contributed by atoms with Crippen LogP contribution < -0.4 is 5.32 Å². The van der Waals surface area contributed by atoms with Gasteiger partial charge in [-0.05, 0) is 42.3 Å². The molecule has 0 saturated carbocycles. The zero-order valence-corrected chi connectivity index (χ0v) is 18.1. The minimum atomic E-state index is -0.232. The van der Waals surface area contributed by atoms with Gasteiger partial charge in [-0.2, -0.15) is 0 Å². The Hall–Kier alpha value is -3.05. The fourth-order valence-electron chi connectivity index (χ4n) is 3.15. The van der Waals surface area contributed by atoms with Crippen LogP contribution in [0.4, 0.5) is 5.69 Å². The minimum absolute atomic E-state index is 0.0960. The van der Waals surface area contributed by atoms with Crippen LogP contribution in [0.2, 0.25) is 0 Å². The molecule has 154 valence electrons. The Bertz CT molecular complexity index is 918. The first-order chi connectivity index (χ1) is 14.5. The van der Waals surface area contributed by atoms with Crippen LogP contribution in [0.1, 0.15) is 25.0 Å². The Morgan fingerprint density at radius 1 is 0.833 bits per heavy atom. The minimum Gasteiger partial charge on any atom is -0.333 e. The van der Waals surface area contributed by atoms with Gasteiger partial charge in [-0.1, -0.05) is 60.7 Å². The van der Waals surface area contributed by atoms with E-state index in [1.54, 1.807) is 0 Å². The molecule has 5 heteroatoms. The number of amides is 2. The van der Waals surface area contributed by atoms with E-state index in [9.17, 15) is 9.59 Å². The van der Waals surface area contributed by atoms with Crippen LogP contribution in [0.15, 0.2) is 89.8 Å². The quantitative estimate of drug-likeness (QED) is 0.501. The summed E-state index contributed by atoms with van der Waals surface area (Å²) in [5.74, 6) is -0.00458. The molecule has 3 aromatic rings. The van der Waals surface area contributed by atoms with Crippen LogP contribution in [-0.2, 0) is 22.7 Å². The highest BCUT2D eigenvalue weighted by atomic mass is 32.2. The van der Waals surface area contributed by atoms with Crippen LogP contribution in [0.25, 0.3) is 0 Å². The highest BCUT2D eigenvalue weighted by molar-refractivity contribution is 8.00. The average molecular weight is 419 g/mol. The second-order valence-electron chi connectivity index (χ2n) is 7.13. The molecule has 0 aliphatic rings. The van der Waals surface area contributed by atoms with Crippen molar-refractivity contribution in [3.63, 3.8) is 0 Å². The molecular formula is C25H26N2O2S. The average Bonchev–Trinajstić information content (AvgIpc) is 2.75. The van der Waals surface area contributed by atoms with Crippen molar-refractivity contribution in [3.8, 4) is 0 Å². The molecule has 0 saturated heterocycles. The van der Waals surface area contributed by atoms with Crippen molar-refractivity contribution in [1.29, 1.82) is 0 Å². The Morgan fingerprint density at radius 2 is 1.33 bits per heavy atom. The highest BCUT2D eigenvalue weighted by Gasteiger charge is 2.22. The second-order valence-corrected chi connectivity index (χ2v) is 8.55. The fourth-order valence-corrected chi connectivity index (χ4v) is 4.10. The van der Waals surface area contributed by atoms with Crippen molar-refractivity contribution in [2.45, 2.75) is 37.1 Å². The summed E-state index contributed by atoms with van der Waals surface area (Å²) < 4.78 is 0. The smallest absolute Gasteiger partial charge is 0.236 e. The van der Waals surface area contributed by atoms with Gasteiger partial charge in [-0.3, -0.25) is 9.59 Å². The van der Waals surface area contributed by atoms with E-state index in [-0.39, 0.29) is 17.1 Å². The molecule has 0 radical (unpaired) electrons. The van der Waals surface area contributed by atoms with Gasteiger partial charge in [0.05, 0.1) is 5.25 Å². The van der Waals surface area contributed by atoms with Gasteiger partial charge >= 0.3 is 0 Å². The molecule has 0 fully saturated rings. The lowest BCUT2D eigenvalue weighted by Crippen LogP contribution is -2.35. The standard InChI is InChI=1S/C25H26N2O2S/c1-19(30-24-15-13-23(14-16-24)26-20(2)28)25(29)27(17-21-9-5-3-6-10-21)18-22-11-7-4-8-12-22/h3-16,19H,17-18H2,1-2H3,(H,26,28). The first-order valence-corrected chi connectivity index (χ1v) is 10.8. The van der Waals surface area contributed by atoms with E-state index >= 15 is 0 Å². The predicted octanol–water partition coefficient (Wildman–Crippen LogP) is 5.35. The van der Waals surface area contributed by atoms with E-state index in [0.29, 0.717) is 13.1 Å². The van der Waals surface area contributed by atoms with Crippen molar-refractivity contribution in [3.05, 3.63) is 96.1 Å². The van der Waals surface area contributed by atoms with Crippen molar-refractivity contribution < 1.29 is 9.59 Å². The molecule has 3 rings (SSSR count). The summed E-state index contributed by atoms with van der Waals surface area (Å²) in [6.45, 7) is 4.57. The summed E-state index contributed by atoms with van der Waals surface area (Å²) >= 11 is 1.52. The molecule has 0 heterocycles. The summed E-state index contributed by atoms with van der Waals surface area (Å²) in [4.78, 5) is 27.4. The summed E-state index contributed by atoms with van der Waals surface area (Å²) in [6, 6.07) is 27.7. The van der Waals surface area contributed by atoms with Crippen molar-refractivity contribution in [2.75, 3.05) is 5.32 Å². The van der Waals surface area contributed by atoms with Crippen LogP contribution in [0.5, 0.6) is 0 Å². The number of carbonyl (C=O) groups is 2. The molecular weight excluding hydrogens is 392 g/mol. The summed E-state index contributed by atoms with van der Waals surface area (Å²) in [5, 5.41) is 2.53. The molecule has 2 amide bonds. The van der Waals surface area contributed by atoms with Gasteiger partial charge in [-0.15, -0.1) is 11.8 Å². The number of carbonyl (C=O) groups excluding carboxylic acids is 2. The van der Waals surface area contributed by atoms with Gasteiger partial charge in [0.15, 0.2) is 0 Å². The maximum Gasteiger partial charge on any atom is 0.236 e. The fraction of sp³-hybridized carbons (Fsp3) is 0.200. The molecule has 0 aliphatic carbocycles. The number of nitrogens with zero attached hydrogens (tertiary/aromatic N) is 1. The number of anilines is 1. The number of rotatable bonds is 8. The van der Waals surface area contributed by atoms with E-state index in [1.165, 1.54) is 18.7 Å². The van der Waals surface area contributed by atoms with Gasteiger partial charge in [-0.25, -0.2) is 0 Å². The zero-order valence-electron chi connectivity index (χ0n) is 17.2. The van der Waals surface area contributed by atoms with E-state index < -0.39 is 0 Å². The predicted molar refractivity (Wildman–Crippen MR) is 123 cm³/mol. The number of benzene rings is 3. The molecule has 30 heavy (non-hydrogen) atoms. The Kier molecular flexibility index (Phi) is 7.69. The normalized spacial score (nSPS) is 11.5. The summed E-state index contributed by atoms with van der Waals surface area (Å²) in [5.41, 5.74) is 2.97. The zero-order chi connectivity index (χ0) is 21.3. The van der Waals surface area contributed by atoms with Gasteiger partial charge in [0.2, 0.25) is 11.8 Å². The Morgan fingerprint density at radius 3 is 1.80 bits per heavy atom. The number of thioether (sulfide) groups is 1. The topological polar surface area (TPSA) is 49.4 Å². The van der Waals surface area contributed by atoms with E-state index in [2.05, 4.69) is 5.32 Å². The maximum absolute atomic E-state index is 13.3. The lowest BCUT2D eigenvalue weighted by molar-refractivity contribution is -0.131. The van der Waals surface area contributed by atoms with E-state index in [0.717, 1.165) is 21.7 Å². The molecule has 0 aromatic heterocycles. The first kappa shape index (κ1) is 21.7. The second kappa shape index (κ2) is 10.6. The van der Waals surface area contributed by atoms with Crippen LogP contribution in [-0.4, -0.2) is 22.0 Å². The van der Waals surface area contributed by atoms with Crippen molar-refractivity contribution >= 4 is 29.3 Å². The molecule has 4 nitrogen and oxygen atoms in total. The van der Waals surface area contributed by atoms with E-state index in [4.69, 9.17) is 0 Å². The number of nitrogens with one attached hydrogen (secondary N) is 1. The SMILES string of the molecule is CC(=O)Nc1ccc(SC(C)C(=O)N(Cc2ccccc2)Cc2ccccc2)cc1. The van der Waals surface area contributed by atoms with Gasteiger partial charge in [0, 0.05) is 30.6 Å². The summed E-state index contributed by atoms with van der Waals surface area (Å²) in [6.07, 6.45) is 0. The third kappa shape index (κ3) is 6.49. The van der Waals surface area contributed by atoms with Crippen LogP contribution in [0.3, 0.4) is 0 Å². The van der Waals surface area contributed by atoms with Gasteiger partial charge in [0.25, 0.3) is 0 Å². The lowest BCUT2D eigenvalue weighted by Gasteiger charge is -2.26. The Balaban J connectivity index is 1.71. The highest BCUT2D eigenvalue weighted by Crippen LogP contribution is 2.27. The molecule has 1 unspecified atom stereocenters. The van der Waals surface area contributed by atoms with Gasteiger partial charge < -0.3 is 10.2 Å². The third-order valence-corrected chi connectivity index (χ3v) is 5.68. The Labute approximate surface area is 182 Å². The molecule has 0 bridgehead atoms. The van der Waals surface area contributed by atoms with Crippen LogP contribution >= 0.6 is 11.8 Å². The maximum atomic E-state index is 13.3. The first-order valence-electron chi connectivity index (χ1n) is 9.92. The molecule has 1 atom stereocenters. The third-order valence-electron chi connectivity index (χ3n) is 4.58. The van der Waals surface area contributed by atoms with Crippen molar-refractivity contribution in [2.24, 2.45) is 0 Å².